The van der Waals surface area contributed by atoms with E-state index in [9.17, 15) is 4.79 Å². The van der Waals surface area contributed by atoms with Crippen LogP contribution in [0, 0.1) is 0 Å². The molecule has 2 aromatic carbocycles. The largest absolute Gasteiger partial charge is 0.497 e. The van der Waals surface area contributed by atoms with E-state index in [-0.39, 0.29) is 0 Å². The van der Waals surface area contributed by atoms with Crippen molar-refractivity contribution in [3.05, 3.63) is 84.2 Å². The van der Waals surface area contributed by atoms with Gasteiger partial charge in [0.15, 0.2) is 11.6 Å². The number of carbonyl (C=O) groups is 1. The number of benzene rings is 2. The van der Waals surface area contributed by atoms with E-state index in [4.69, 9.17) is 9.72 Å². The molecular formula is C22H18N4O2. The Hall–Kier alpha value is -3.80. The van der Waals surface area contributed by atoms with Crippen LogP contribution in [0.5, 0.6) is 5.75 Å². The number of aromatic nitrogens is 4. The van der Waals surface area contributed by atoms with Gasteiger partial charge in [-0.3, -0.25) is 9.78 Å². The third-order valence-electron chi connectivity index (χ3n) is 4.34. The molecule has 2 heterocycles. The van der Waals surface area contributed by atoms with Crippen LogP contribution in [0.3, 0.4) is 0 Å². The standard InChI is InChI=1S/C22H18N4O2/c1-28-20-10-8-17(9-11-20)22-24-21(18-6-4-5-16(13-18)15-27)25-26(22)14-19-7-2-3-12-23-19/h2-13,15H,14H2,1H3. The molecule has 28 heavy (non-hydrogen) atoms. The summed E-state index contributed by atoms with van der Waals surface area (Å²) in [5.41, 5.74) is 3.18. The fourth-order valence-corrected chi connectivity index (χ4v) is 2.92. The van der Waals surface area contributed by atoms with Gasteiger partial charge in [-0.05, 0) is 42.5 Å². The number of hydrogen-bond donors (Lipinski definition) is 0. The third-order valence-corrected chi connectivity index (χ3v) is 4.34. The Labute approximate surface area is 162 Å². The number of methoxy groups -OCH3 is 1. The van der Waals surface area contributed by atoms with Gasteiger partial charge in [-0.25, -0.2) is 9.67 Å². The maximum atomic E-state index is 11.1. The third kappa shape index (κ3) is 3.66. The summed E-state index contributed by atoms with van der Waals surface area (Å²) in [5, 5.41) is 4.69. The smallest absolute Gasteiger partial charge is 0.181 e. The molecule has 0 unspecified atom stereocenters. The Kier molecular flexibility index (Phi) is 4.93. The molecule has 0 N–H and O–H groups in total. The molecule has 0 saturated heterocycles. The summed E-state index contributed by atoms with van der Waals surface area (Å²) in [5.74, 6) is 2.06. The maximum absolute atomic E-state index is 11.1. The zero-order chi connectivity index (χ0) is 19.3. The van der Waals surface area contributed by atoms with Crippen LogP contribution < -0.4 is 4.74 Å². The van der Waals surface area contributed by atoms with Crippen LogP contribution in [0.25, 0.3) is 22.8 Å². The number of ether oxygens (including phenoxy) is 1. The number of rotatable bonds is 6. The molecule has 4 rings (SSSR count). The van der Waals surface area contributed by atoms with Crippen LogP contribution in [0.4, 0.5) is 0 Å². The molecule has 138 valence electrons. The van der Waals surface area contributed by atoms with E-state index in [2.05, 4.69) is 10.1 Å². The van der Waals surface area contributed by atoms with Gasteiger partial charge in [0, 0.05) is 22.9 Å². The molecule has 0 radical (unpaired) electrons. The molecule has 0 aliphatic heterocycles. The lowest BCUT2D eigenvalue weighted by atomic mass is 10.1. The van der Waals surface area contributed by atoms with Gasteiger partial charge in [-0.2, -0.15) is 5.10 Å². The minimum absolute atomic E-state index is 0.489. The first-order valence-electron chi connectivity index (χ1n) is 8.81. The van der Waals surface area contributed by atoms with Crippen LogP contribution >= 0.6 is 0 Å². The second-order valence-corrected chi connectivity index (χ2v) is 6.21. The molecule has 6 nitrogen and oxygen atoms in total. The molecule has 0 fully saturated rings. The van der Waals surface area contributed by atoms with Crippen molar-refractivity contribution in [3.8, 4) is 28.5 Å². The van der Waals surface area contributed by atoms with E-state index in [1.807, 2.05) is 59.3 Å². The van der Waals surface area contributed by atoms with E-state index in [1.54, 1.807) is 25.4 Å². The maximum Gasteiger partial charge on any atom is 0.181 e. The molecule has 0 atom stereocenters. The average Bonchev–Trinajstić information content (AvgIpc) is 3.18. The van der Waals surface area contributed by atoms with Gasteiger partial charge in [-0.15, -0.1) is 0 Å². The zero-order valence-electron chi connectivity index (χ0n) is 15.3. The summed E-state index contributed by atoms with van der Waals surface area (Å²) in [7, 11) is 1.64. The van der Waals surface area contributed by atoms with E-state index in [0.29, 0.717) is 17.9 Å². The molecule has 0 saturated carbocycles. The Morgan fingerprint density at radius 2 is 1.86 bits per heavy atom. The van der Waals surface area contributed by atoms with Gasteiger partial charge in [0.2, 0.25) is 0 Å². The van der Waals surface area contributed by atoms with Crippen molar-refractivity contribution >= 4 is 6.29 Å². The highest BCUT2D eigenvalue weighted by atomic mass is 16.5. The molecule has 0 aliphatic carbocycles. The predicted molar refractivity (Wildman–Crippen MR) is 106 cm³/mol. The molecule has 0 spiro atoms. The number of hydrogen-bond acceptors (Lipinski definition) is 5. The first-order valence-corrected chi connectivity index (χ1v) is 8.81. The lowest BCUT2D eigenvalue weighted by molar-refractivity contribution is 0.112. The Bertz CT molecular complexity index is 1090. The highest BCUT2D eigenvalue weighted by molar-refractivity contribution is 5.77. The van der Waals surface area contributed by atoms with Gasteiger partial charge in [0.05, 0.1) is 19.3 Å². The molecular weight excluding hydrogens is 352 g/mol. The van der Waals surface area contributed by atoms with Crippen molar-refractivity contribution in [2.45, 2.75) is 6.54 Å². The van der Waals surface area contributed by atoms with Gasteiger partial charge in [0.25, 0.3) is 0 Å². The Morgan fingerprint density at radius 3 is 2.57 bits per heavy atom. The topological polar surface area (TPSA) is 69.9 Å². The monoisotopic (exact) mass is 370 g/mol. The highest BCUT2D eigenvalue weighted by Crippen LogP contribution is 2.25. The zero-order valence-corrected chi connectivity index (χ0v) is 15.3. The van der Waals surface area contributed by atoms with Gasteiger partial charge in [-0.1, -0.05) is 24.3 Å². The molecule has 4 aromatic rings. The van der Waals surface area contributed by atoms with Crippen LogP contribution in [0.1, 0.15) is 16.1 Å². The minimum atomic E-state index is 0.489. The predicted octanol–water partition coefficient (Wildman–Crippen LogP) is 3.88. The first kappa shape index (κ1) is 17.6. The van der Waals surface area contributed by atoms with Crippen LogP contribution in [0.15, 0.2) is 72.9 Å². The fraction of sp³-hybridized carbons (Fsp3) is 0.0909. The summed E-state index contributed by atoms with van der Waals surface area (Å²) < 4.78 is 7.07. The second kappa shape index (κ2) is 7.84. The van der Waals surface area contributed by atoms with Gasteiger partial charge >= 0.3 is 0 Å². The van der Waals surface area contributed by atoms with Crippen molar-refractivity contribution in [3.63, 3.8) is 0 Å². The Morgan fingerprint density at radius 1 is 1.00 bits per heavy atom. The molecule has 0 aliphatic rings. The van der Waals surface area contributed by atoms with E-state index in [1.165, 1.54) is 0 Å². The highest BCUT2D eigenvalue weighted by Gasteiger charge is 2.15. The second-order valence-electron chi connectivity index (χ2n) is 6.21. The van der Waals surface area contributed by atoms with Gasteiger partial charge in [0.1, 0.15) is 12.0 Å². The Balaban J connectivity index is 1.79. The normalized spacial score (nSPS) is 10.6. The summed E-state index contributed by atoms with van der Waals surface area (Å²) in [6.45, 7) is 0.489. The lowest BCUT2D eigenvalue weighted by Gasteiger charge is -2.06. The van der Waals surface area contributed by atoms with Crippen LogP contribution in [-0.2, 0) is 6.54 Å². The average molecular weight is 370 g/mol. The summed E-state index contributed by atoms with van der Waals surface area (Å²) >= 11 is 0. The van der Waals surface area contributed by atoms with Crippen molar-refractivity contribution in [2.24, 2.45) is 0 Å². The van der Waals surface area contributed by atoms with Crippen LogP contribution in [-0.4, -0.2) is 33.1 Å². The molecule has 0 bridgehead atoms. The number of nitrogens with zero attached hydrogens (tertiary/aromatic N) is 4. The van der Waals surface area contributed by atoms with Crippen molar-refractivity contribution in [1.82, 2.24) is 19.7 Å². The van der Waals surface area contributed by atoms with Crippen molar-refractivity contribution in [2.75, 3.05) is 7.11 Å². The van der Waals surface area contributed by atoms with Gasteiger partial charge < -0.3 is 4.74 Å². The number of pyridine rings is 1. The van der Waals surface area contributed by atoms with Crippen molar-refractivity contribution in [1.29, 1.82) is 0 Å². The fourth-order valence-electron chi connectivity index (χ4n) is 2.92. The molecule has 6 heteroatoms. The van der Waals surface area contributed by atoms with E-state index >= 15 is 0 Å². The van der Waals surface area contributed by atoms with E-state index in [0.717, 1.165) is 34.7 Å². The van der Waals surface area contributed by atoms with Crippen LogP contribution in [0.2, 0.25) is 0 Å². The molecule has 0 amide bonds. The molecule has 2 aromatic heterocycles. The van der Waals surface area contributed by atoms with Crippen molar-refractivity contribution < 1.29 is 9.53 Å². The number of carbonyl (C=O) groups excluding carboxylic acids is 1. The summed E-state index contributed by atoms with van der Waals surface area (Å²) in [6, 6.07) is 20.7. The minimum Gasteiger partial charge on any atom is -0.497 e. The van der Waals surface area contributed by atoms with E-state index < -0.39 is 0 Å². The summed E-state index contributed by atoms with van der Waals surface area (Å²) in [4.78, 5) is 20.3. The number of aldehydes is 1. The SMILES string of the molecule is COc1ccc(-c2nc(-c3cccc(C=O)c3)nn2Cc2ccccn2)cc1. The lowest BCUT2D eigenvalue weighted by Crippen LogP contribution is -2.05. The first-order chi connectivity index (χ1) is 13.8. The quantitative estimate of drug-likeness (QED) is 0.482. The summed E-state index contributed by atoms with van der Waals surface area (Å²) in [6.07, 6.45) is 2.58.